The summed E-state index contributed by atoms with van der Waals surface area (Å²) in [6.45, 7) is 4.00. The third-order valence-electron chi connectivity index (χ3n) is 2.67. The zero-order valence-corrected chi connectivity index (χ0v) is 12.6. The maximum absolute atomic E-state index is 12.0. The van der Waals surface area contributed by atoms with E-state index in [1.165, 1.54) is 18.2 Å². The number of nitrogens with two attached hydrogens (primary N) is 1. The molecule has 4 N–H and O–H groups in total. The van der Waals surface area contributed by atoms with E-state index in [-0.39, 0.29) is 11.4 Å². The number of hydrogen-bond donors (Lipinski definition) is 3. The molecule has 2 aromatic rings. The lowest BCUT2D eigenvalue weighted by Crippen LogP contribution is -2.23. The van der Waals surface area contributed by atoms with E-state index in [4.69, 9.17) is 10.3 Å². The summed E-state index contributed by atoms with van der Waals surface area (Å²) in [4.78, 5) is 4.19. The van der Waals surface area contributed by atoms with E-state index in [9.17, 15) is 8.42 Å². The van der Waals surface area contributed by atoms with Crippen LogP contribution in [0.25, 0.3) is 0 Å². The number of hydrogen-bond acceptors (Lipinski definition) is 7. The van der Waals surface area contributed by atoms with Gasteiger partial charge in [-0.05, 0) is 25.1 Å². The van der Waals surface area contributed by atoms with E-state index in [1.807, 2.05) is 0 Å². The Morgan fingerprint density at radius 1 is 1.38 bits per heavy atom. The number of benzene rings is 1. The van der Waals surface area contributed by atoms with Gasteiger partial charge in [-0.2, -0.15) is 4.98 Å². The molecule has 0 saturated carbocycles. The Morgan fingerprint density at radius 3 is 2.76 bits per heavy atom. The first kappa shape index (κ1) is 15.3. The Balaban J connectivity index is 2.19. The van der Waals surface area contributed by atoms with Crippen molar-refractivity contribution >= 4 is 21.4 Å². The number of sulfonamides is 1. The molecular formula is C12H17N5O3S. The van der Waals surface area contributed by atoms with Crippen LogP contribution in [-0.4, -0.2) is 25.1 Å². The van der Waals surface area contributed by atoms with E-state index in [1.54, 1.807) is 13.8 Å². The molecular weight excluding hydrogens is 294 g/mol. The second-order valence-corrected chi connectivity index (χ2v) is 6.11. The fraction of sp³-hybridized carbons (Fsp3) is 0.333. The largest absolute Gasteiger partial charge is 0.397 e. The first-order valence-electron chi connectivity index (χ1n) is 6.34. The van der Waals surface area contributed by atoms with Gasteiger partial charge in [-0.1, -0.05) is 12.1 Å². The highest BCUT2D eigenvalue weighted by atomic mass is 32.2. The van der Waals surface area contributed by atoms with E-state index < -0.39 is 10.0 Å². The molecule has 0 saturated heterocycles. The highest BCUT2D eigenvalue weighted by Crippen LogP contribution is 2.23. The number of aromatic nitrogens is 2. The average molecular weight is 311 g/mol. The highest BCUT2D eigenvalue weighted by molar-refractivity contribution is 7.89. The van der Waals surface area contributed by atoms with Crippen molar-refractivity contribution in [2.24, 2.45) is 0 Å². The van der Waals surface area contributed by atoms with Gasteiger partial charge in [0, 0.05) is 6.54 Å². The summed E-state index contributed by atoms with van der Waals surface area (Å²) in [6.07, 6.45) is 0. The van der Waals surface area contributed by atoms with Crippen molar-refractivity contribution in [2.75, 3.05) is 17.6 Å². The van der Waals surface area contributed by atoms with Gasteiger partial charge in [0.2, 0.25) is 15.9 Å². The van der Waals surface area contributed by atoms with Gasteiger partial charge in [-0.3, -0.25) is 0 Å². The number of nitrogen functional groups attached to an aromatic ring is 1. The molecule has 0 bridgehead atoms. The monoisotopic (exact) mass is 311 g/mol. The highest BCUT2D eigenvalue weighted by Gasteiger charge is 2.14. The third-order valence-corrected chi connectivity index (χ3v) is 4.21. The molecule has 2 rings (SSSR count). The molecule has 1 aromatic carbocycles. The summed E-state index contributed by atoms with van der Waals surface area (Å²) in [5, 5.41) is 6.65. The van der Waals surface area contributed by atoms with Crippen LogP contribution in [-0.2, 0) is 16.6 Å². The van der Waals surface area contributed by atoms with Crippen molar-refractivity contribution in [3.05, 3.63) is 29.9 Å². The van der Waals surface area contributed by atoms with Crippen molar-refractivity contribution < 1.29 is 12.9 Å². The van der Waals surface area contributed by atoms with Crippen molar-refractivity contribution in [2.45, 2.75) is 25.3 Å². The molecule has 1 aromatic heterocycles. The van der Waals surface area contributed by atoms with Crippen LogP contribution in [0.1, 0.15) is 18.6 Å². The third kappa shape index (κ3) is 3.70. The Morgan fingerprint density at radius 2 is 2.14 bits per heavy atom. The van der Waals surface area contributed by atoms with Gasteiger partial charge in [-0.15, -0.1) is 0 Å². The van der Waals surface area contributed by atoms with Crippen LogP contribution in [0.15, 0.2) is 27.6 Å². The Labute approximate surface area is 122 Å². The van der Waals surface area contributed by atoms with Gasteiger partial charge >= 0.3 is 0 Å². The molecule has 9 heteroatoms. The summed E-state index contributed by atoms with van der Waals surface area (Å²) < 4.78 is 31.3. The van der Waals surface area contributed by atoms with Crippen LogP contribution in [0.3, 0.4) is 0 Å². The molecule has 8 nitrogen and oxygen atoms in total. The summed E-state index contributed by atoms with van der Waals surface area (Å²) in [6, 6.07) is 4.46. The van der Waals surface area contributed by atoms with Crippen LogP contribution in [0.2, 0.25) is 0 Å². The maximum atomic E-state index is 12.0. The van der Waals surface area contributed by atoms with Crippen LogP contribution in [0.4, 0.5) is 11.4 Å². The minimum absolute atomic E-state index is 0.141. The number of nitrogens with zero attached hydrogens (tertiary/aromatic N) is 2. The minimum Gasteiger partial charge on any atom is -0.397 e. The molecule has 0 aliphatic rings. The van der Waals surface area contributed by atoms with Crippen molar-refractivity contribution in [3.8, 4) is 0 Å². The predicted octanol–water partition coefficient (Wildman–Crippen LogP) is 0.871. The second-order valence-electron chi connectivity index (χ2n) is 4.34. The van der Waals surface area contributed by atoms with Gasteiger partial charge in [0.05, 0.1) is 22.8 Å². The molecule has 0 aliphatic carbocycles. The molecule has 0 aliphatic heterocycles. The zero-order valence-electron chi connectivity index (χ0n) is 11.8. The van der Waals surface area contributed by atoms with Crippen molar-refractivity contribution in [1.82, 2.24) is 14.9 Å². The molecule has 0 unspecified atom stereocenters. The maximum Gasteiger partial charge on any atom is 0.245 e. The number of aryl methyl sites for hydroxylation is 1. The molecule has 114 valence electrons. The number of anilines is 2. The van der Waals surface area contributed by atoms with Crippen molar-refractivity contribution in [1.29, 1.82) is 0 Å². The van der Waals surface area contributed by atoms with Crippen LogP contribution in [0, 0.1) is 6.92 Å². The molecule has 21 heavy (non-hydrogen) atoms. The Kier molecular flexibility index (Phi) is 4.43. The quantitative estimate of drug-likeness (QED) is 0.676. The van der Waals surface area contributed by atoms with E-state index in [0.29, 0.717) is 29.6 Å². The molecule has 0 fully saturated rings. The Hall–Kier alpha value is -2.13. The van der Waals surface area contributed by atoms with Gasteiger partial charge in [0.15, 0.2) is 5.82 Å². The average Bonchev–Trinajstić information content (AvgIpc) is 2.83. The SMILES string of the molecule is CCNS(=O)(=O)c1ccc(N)c(NCc2nc(C)no2)c1. The molecule has 1 heterocycles. The smallest absolute Gasteiger partial charge is 0.245 e. The van der Waals surface area contributed by atoms with Gasteiger partial charge in [-0.25, -0.2) is 13.1 Å². The fourth-order valence-corrected chi connectivity index (χ4v) is 2.78. The van der Waals surface area contributed by atoms with E-state index in [2.05, 4.69) is 20.2 Å². The van der Waals surface area contributed by atoms with Crippen LogP contribution < -0.4 is 15.8 Å². The molecule has 0 amide bonds. The van der Waals surface area contributed by atoms with Gasteiger partial charge in [0.25, 0.3) is 0 Å². The topological polar surface area (TPSA) is 123 Å². The number of nitrogens with one attached hydrogen (secondary N) is 2. The summed E-state index contributed by atoms with van der Waals surface area (Å²) in [5.41, 5.74) is 6.75. The summed E-state index contributed by atoms with van der Waals surface area (Å²) in [5.74, 6) is 0.926. The fourth-order valence-electron chi connectivity index (χ4n) is 1.71. The lowest BCUT2D eigenvalue weighted by Gasteiger charge is -2.10. The van der Waals surface area contributed by atoms with Gasteiger partial charge in [0.1, 0.15) is 0 Å². The first-order chi connectivity index (χ1) is 9.92. The normalized spacial score (nSPS) is 11.5. The lowest BCUT2D eigenvalue weighted by atomic mass is 10.2. The minimum atomic E-state index is -3.53. The summed E-state index contributed by atoms with van der Waals surface area (Å²) in [7, 11) is -3.53. The van der Waals surface area contributed by atoms with E-state index >= 15 is 0 Å². The van der Waals surface area contributed by atoms with Crippen LogP contribution >= 0.6 is 0 Å². The standard InChI is InChI=1S/C12H17N5O3S/c1-3-15-21(18,19)9-4-5-10(13)11(6-9)14-7-12-16-8(2)17-20-12/h4-6,14-15H,3,7,13H2,1-2H3. The predicted molar refractivity (Wildman–Crippen MR) is 78.1 cm³/mol. The van der Waals surface area contributed by atoms with Crippen LogP contribution in [0.5, 0.6) is 0 Å². The first-order valence-corrected chi connectivity index (χ1v) is 7.83. The molecule has 0 spiro atoms. The lowest BCUT2D eigenvalue weighted by molar-refractivity contribution is 0.379. The molecule has 0 atom stereocenters. The number of rotatable bonds is 6. The van der Waals surface area contributed by atoms with E-state index in [0.717, 1.165) is 0 Å². The second kappa shape index (κ2) is 6.10. The van der Waals surface area contributed by atoms with Gasteiger partial charge < -0.3 is 15.6 Å². The van der Waals surface area contributed by atoms with Crippen molar-refractivity contribution in [3.63, 3.8) is 0 Å². The Bertz CT molecular complexity index is 726. The summed E-state index contributed by atoms with van der Waals surface area (Å²) >= 11 is 0. The zero-order chi connectivity index (χ0) is 15.5. The molecule has 0 radical (unpaired) electrons.